The van der Waals surface area contributed by atoms with E-state index in [1.165, 1.54) is 56.9 Å². The van der Waals surface area contributed by atoms with Crippen LogP contribution in [0.2, 0.25) is 0 Å². The van der Waals surface area contributed by atoms with Crippen molar-refractivity contribution >= 4 is 11.8 Å². The van der Waals surface area contributed by atoms with Gasteiger partial charge in [-0.1, -0.05) is 31.7 Å². The number of nitrogens with zero attached hydrogens (tertiary/aromatic N) is 4. The number of piperidine rings is 1. The zero-order chi connectivity index (χ0) is 19.9. The predicted molar refractivity (Wildman–Crippen MR) is 118 cm³/mol. The first-order chi connectivity index (χ1) is 14.3. The molecule has 1 N–H and O–H groups in total. The predicted octanol–water partition coefficient (Wildman–Crippen LogP) is 3.43. The summed E-state index contributed by atoms with van der Waals surface area (Å²) in [5.74, 6) is 2.13. The molecular weight excluding hydrogens is 362 g/mol. The van der Waals surface area contributed by atoms with Gasteiger partial charge in [-0.25, -0.2) is 4.98 Å². The van der Waals surface area contributed by atoms with Crippen LogP contribution < -0.4 is 10.2 Å². The van der Waals surface area contributed by atoms with Crippen molar-refractivity contribution in [2.24, 2.45) is 10.4 Å². The average molecular weight is 400 g/mol. The molecule has 2 aliphatic heterocycles. The Labute approximate surface area is 175 Å². The molecule has 0 bridgehead atoms. The number of aliphatic imine (C=N–C) groups is 1. The van der Waals surface area contributed by atoms with Gasteiger partial charge in [-0.3, -0.25) is 4.99 Å². The van der Waals surface area contributed by atoms with Gasteiger partial charge in [0.05, 0.1) is 13.2 Å². The van der Waals surface area contributed by atoms with Crippen molar-refractivity contribution in [2.75, 3.05) is 51.3 Å². The van der Waals surface area contributed by atoms with Crippen molar-refractivity contribution in [3.8, 4) is 0 Å². The van der Waals surface area contributed by atoms with Crippen molar-refractivity contribution in [3.63, 3.8) is 0 Å². The van der Waals surface area contributed by atoms with Gasteiger partial charge in [0.25, 0.3) is 0 Å². The fraction of sp³-hybridized carbons (Fsp3) is 0.739. The Hall–Kier alpha value is -1.82. The second-order valence-electron chi connectivity index (χ2n) is 8.93. The molecule has 0 amide bonds. The molecule has 1 spiro atoms. The van der Waals surface area contributed by atoms with Gasteiger partial charge in [0.1, 0.15) is 5.82 Å². The number of likely N-dealkylation sites (tertiary alicyclic amines) is 1. The van der Waals surface area contributed by atoms with Crippen LogP contribution in [0.25, 0.3) is 0 Å². The SMILES string of the molecule is CN=C(NCc1cccnc1N1CCOCC1)N1CCCC2(CCCCCC2)C1. The normalized spacial score (nSPS) is 23.1. The number of aromatic nitrogens is 1. The molecule has 6 nitrogen and oxygen atoms in total. The summed E-state index contributed by atoms with van der Waals surface area (Å²) >= 11 is 0. The Bertz CT molecular complexity index is 678. The number of hydrogen-bond donors (Lipinski definition) is 1. The Morgan fingerprint density at radius 1 is 1.10 bits per heavy atom. The lowest BCUT2D eigenvalue weighted by molar-refractivity contribution is 0.115. The summed E-state index contributed by atoms with van der Waals surface area (Å²) in [6.07, 6.45) is 13.0. The molecule has 0 unspecified atom stereocenters. The van der Waals surface area contributed by atoms with Crippen molar-refractivity contribution < 1.29 is 4.74 Å². The number of nitrogens with one attached hydrogen (secondary N) is 1. The zero-order valence-electron chi connectivity index (χ0n) is 18.0. The van der Waals surface area contributed by atoms with Gasteiger partial charge in [0, 0.05) is 51.5 Å². The molecule has 29 heavy (non-hydrogen) atoms. The standard InChI is InChI=1S/C23H37N5O/c1-24-22(28-13-7-11-23(19-28)9-4-2-3-5-10-23)26-18-20-8-6-12-25-21(20)27-14-16-29-17-15-27/h6,8,12H,2-5,7,9-11,13-19H2,1H3,(H,24,26). The monoisotopic (exact) mass is 399 g/mol. The van der Waals surface area contributed by atoms with Crippen LogP contribution in [0, 0.1) is 5.41 Å². The molecule has 1 aromatic heterocycles. The van der Waals surface area contributed by atoms with Crippen molar-refractivity contribution in [3.05, 3.63) is 23.9 Å². The van der Waals surface area contributed by atoms with E-state index in [0.717, 1.165) is 57.7 Å². The number of guanidine groups is 1. The van der Waals surface area contributed by atoms with Crippen LogP contribution in [-0.2, 0) is 11.3 Å². The van der Waals surface area contributed by atoms with Crippen LogP contribution in [0.3, 0.4) is 0 Å². The molecular formula is C23H37N5O. The summed E-state index contributed by atoms with van der Waals surface area (Å²) in [5, 5.41) is 3.65. The van der Waals surface area contributed by atoms with E-state index in [4.69, 9.17) is 4.74 Å². The minimum atomic E-state index is 0.514. The van der Waals surface area contributed by atoms with Gasteiger partial charge in [-0.2, -0.15) is 0 Å². The second-order valence-corrected chi connectivity index (χ2v) is 8.93. The quantitative estimate of drug-likeness (QED) is 0.623. The fourth-order valence-corrected chi connectivity index (χ4v) is 5.41. The molecule has 1 aromatic rings. The van der Waals surface area contributed by atoms with Gasteiger partial charge >= 0.3 is 0 Å². The lowest BCUT2D eigenvalue weighted by Crippen LogP contribution is -2.50. The Balaban J connectivity index is 1.41. The first kappa shape index (κ1) is 20.5. The number of anilines is 1. The average Bonchev–Trinajstić information content (AvgIpc) is 3.00. The van der Waals surface area contributed by atoms with Crippen LogP contribution in [0.15, 0.2) is 23.3 Å². The van der Waals surface area contributed by atoms with Crippen molar-refractivity contribution in [1.29, 1.82) is 0 Å². The third-order valence-electron chi connectivity index (χ3n) is 6.95. The van der Waals surface area contributed by atoms with Gasteiger partial charge in [-0.15, -0.1) is 0 Å². The Kier molecular flexibility index (Phi) is 6.90. The molecule has 3 heterocycles. The van der Waals surface area contributed by atoms with E-state index in [9.17, 15) is 0 Å². The van der Waals surface area contributed by atoms with Crippen LogP contribution in [0.5, 0.6) is 0 Å². The molecule has 6 heteroatoms. The van der Waals surface area contributed by atoms with Crippen LogP contribution in [0.1, 0.15) is 56.9 Å². The zero-order valence-corrected chi connectivity index (χ0v) is 18.0. The molecule has 0 radical (unpaired) electrons. The molecule has 0 aromatic carbocycles. The topological polar surface area (TPSA) is 53.0 Å². The summed E-state index contributed by atoms with van der Waals surface area (Å²) in [4.78, 5) is 14.2. The molecule has 160 valence electrons. The van der Waals surface area contributed by atoms with E-state index in [2.05, 4.69) is 31.2 Å². The highest BCUT2D eigenvalue weighted by Gasteiger charge is 2.36. The fourth-order valence-electron chi connectivity index (χ4n) is 5.41. The summed E-state index contributed by atoms with van der Waals surface area (Å²) in [6.45, 7) is 6.42. The Morgan fingerprint density at radius 2 is 1.86 bits per heavy atom. The maximum atomic E-state index is 5.51. The van der Waals surface area contributed by atoms with Crippen LogP contribution in [-0.4, -0.2) is 62.3 Å². The summed E-state index contributed by atoms with van der Waals surface area (Å²) in [6, 6.07) is 4.21. The highest BCUT2D eigenvalue weighted by Crippen LogP contribution is 2.42. The maximum Gasteiger partial charge on any atom is 0.193 e. The minimum Gasteiger partial charge on any atom is -0.378 e. The number of rotatable bonds is 3. The van der Waals surface area contributed by atoms with Gasteiger partial charge in [-0.05, 0) is 37.2 Å². The van der Waals surface area contributed by atoms with E-state index < -0.39 is 0 Å². The molecule has 1 saturated carbocycles. The second kappa shape index (κ2) is 9.79. The largest absolute Gasteiger partial charge is 0.378 e. The third kappa shape index (κ3) is 5.03. The third-order valence-corrected chi connectivity index (χ3v) is 6.95. The first-order valence-electron chi connectivity index (χ1n) is 11.5. The number of ether oxygens (including phenoxy) is 1. The van der Waals surface area contributed by atoms with Crippen LogP contribution >= 0.6 is 0 Å². The van der Waals surface area contributed by atoms with Crippen molar-refractivity contribution in [1.82, 2.24) is 15.2 Å². The minimum absolute atomic E-state index is 0.514. The first-order valence-corrected chi connectivity index (χ1v) is 11.5. The smallest absolute Gasteiger partial charge is 0.193 e. The molecule has 3 aliphatic rings. The molecule has 2 saturated heterocycles. The number of pyridine rings is 1. The molecule has 1 aliphatic carbocycles. The maximum absolute atomic E-state index is 5.51. The van der Waals surface area contributed by atoms with E-state index in [-0.39, 0.29) is 0 Å². The lowest BCUT2D eigenvalue weighted by Gasteiger charge is -2.44. The van der Waals surface area contributed by atoms with E-state index in [1.807, 2.05) is 19.3 Å². The molecule has 0 atom stereocenters. The number of morpholine rings is 1. The highest BCUT2D eigenvalue weighted by molar-refractivity contribution is 5.80. The highest BCUT2D eigenvalue weighted by atomic mass is 16.5. The number of hydrogen-bond acceptors (Lipinski definition) is 4. The van der Waals surface area contributed by atoms with Crippen molar-refractivity contribution in [2.45, 2.75) is 57.9 Å². The van der Waals surface area contributed by atoms with E-state index in [1.54, 1.807) is 0 Å². The van der Waals surface area contributed by atoms with Crippen LogP contribution in [0.4, 0.5) is 5.82 Å². The lowest BCUT2D eigenvalue weighted by atomic mass is 9.74. The van der Waals surface area contributed by atoms with Gasteiger partial charge in [0.15, 0.2) is 5.96 Å². The van der Waals surface area contributed by atoms with Gasteiger partial charge in [0.2, 0.25) is 0 Å². The Morgan fingerprint density at radius 3 is 2.62 bits per heavy atom. The molecule has 4 rings (SSSR count). The van der Waals surface area contributed by atoms with E-state index in [0.29, 0.717) is 5.41 Å². The summed E-state index contributed by atoms with van der Waals surface area (Å²) in [7, 11) is 1.92. The molecule has 3 fully saturated rings. The summed E-state index contributed by atoms with van der Waals surface area (Å²) < 4.78 is 5.51. The van der Waals surface area contributed by atoms with E-state index >= 15 is 0 Å². The summed E-state index contributed by atoms with van der Waals surface area (Å²) in [5.41, 5.74) is 1.75. The van der Waals surface area contributed by atoms with Gasteiger partial charge < -0.3 is 19.9 Å².